The third-order valence-corrected chi connectivity index (χ3v) is 1.53. The molecule has 0 heterocycles. The molecule has 11 heavy (non-hydrogen) atoms. The lowest BCUT2D eigenvalue weighted by Gasteiger charge is -2.00. The van der Waals surface area contributed by atoms with Gasteiger partial charge in [0.25, 0.3) is 0 Å². The van der Waals surface area contributed by atoms with Gasteiger partial charge < -0.3 is 5.11 Å². The summed E-state index contributed by atoms with van der Waals surface area (Å²) in [5.41, 5.74) is 1.86. The Morgan fingerprint density at radius 3 is 2.82 bits per heavy atom. The van der Waals surface area contributed by atoms with Gasteiger partial charge in [-0.2, -0.15) is 0 Å². The second-order valence-electron chi connectivity index (χ2n) is 2.51. The van der Waals surface area contributed by atoms with Crippen LogP contribution in [0.1, 0.15) is 11.1 Å². The molecule has 0 radical (unpaired) electrons. The molecule has 0 spiro atoms. The standard InChI is InChI=1S/C10H10O/c1-3-4-9-6-5-8(2)7-10(9)11/h1,5-7,11H,4H2,2H3. The number of hydrogen-bond donors (Lipinski definition) is 1. The van der Waals surface area contributed by atoms with Crippen LogP contribution in [0, 0.1) is 19.3 Å². The monoisotopic (exact) mass is 146 g/mol. The highest BCUT2D eigenvalue weighted by Crippen LogP contribution is 2.18. The number of phenolic OH excluding ortho intramolecular Hbond substituents is 1. The molecule has 1 nitrogen and oxygen atoms in total. The molecule has 0 amide bonds. The molecule has 0 bridgehead atoms. The Bertz CT molecular complexity index is 294. The molecule has 0 aromatic heterocycles. The highest BCUT2D eigenvalue weighted by atomic mass is 16.3. The summed E-state index contributed by atoms with van der Waals surface area (Å²) in [4.78, 5) is 0. The van der Waals surface area contributed by atoms with Gasteiger partial charge in [-0.1, -0.05) is 12.1 Å². The van der Waals surface area contributed by atoms with Gasteiger partial charge in [0, 0.05) is 12.0 Å². The van der Waals surface area contributed by atoms with Crippen molar-refractivity contribution in [2.75, 3.05) is 0 Å². The van der Waals surface area contributed by atoms with Gasteiger partial charge in [0.1, 0.15) is 5.75 Å². The normalized spacial score (nSPS) is 9.09. The van der Waals surface area contributed by atoms with Crippen LogP contribution in [0.4, 0.5) is 0 Å². The number of rotatable bonds is 1. The molecule has 0 saturated heterocycles. The minimum atomic E-state index is 0.294. The maximum atomic E-state index is 9.33. The van der Waals surface area contributed by atoms with E-state index in [9.17, 15) is 5.11 Å². The van der Waals surface area contributed by atoms with Crippen LogP contribution in [0.2, 0.25) is 0 Å². The average Bonchev–Trinajstić information content (AvgIpc) is 1.95. The van der Waals surface area contributed by atoms with Gasteiger partial charge in [0.15, 0.2) is 0 Å². The van der Waals surface area contributed by atoms with Gasteiger partial charge in [-0.05, 0) is 18.6 Å². The predicted molar refractivity (Wildman–Crippen MR) is 45.4 cm³/mol. The SMILES string of the molecule is C#CCc1ccc(C)cc1O. The van der Waals surface area contributed by atoms with Crippen molar-refractivity contribution in [3.8, 4) is 18.1 Å². The van der Waals surface area contributed by atoms with E-state index in [1.54, 1.807) is 6.07 Å². The summed E-state index contributed by atoms with van der Waals surface area (Å²) in [6.45, 7) is 1.93. The second-order valence-corrected chi connectivity index (χ2v) is 2.51. The predicted octanol–water partition coefficient (Wildman–Crippen LogP) is 1.88. The van der Waals surface area contributed by atoms with Gasteiger partial charge in [-0.3, -0.25) is 0 Å². The minimum absolute atomic E-state index is 0.294. The third kappa shape index (κ3) is 1.75. The molecular weight excluding hydrogens is 136 g/mol. The summed E-state index contributed by atoms with van der Waals surface area (Å²) in [5.74, 6) is 2.78. The number of hydrogen-bond acceptors (Lipinski definition) is 1. The molecule has 0 fully saturated rings. The van der Waals surface area contributed by atoms with Crippen LogP contribution in [0.15, 0.2) is 18.2 Å². The Kier molecular flexibility index (Phi) is 2.18. The van der Waals surface area contributed by atoms with E-state index >= 15 is 0 Å². The minimum Gasteiger partial charge on any atom is -0.508 e. The van der Waals surface area contributed by atoms with Crippen LogP contribution < -0.4 is 0 Å². The van der Waals surface area contributed by atoms with E-state index in [0.29, 0.717) is 12.2 Å². The Labute approximate surface area is 66.7 Å². The molecule has 0 atom stereocenters. The zero-order valence-corrected chi connectivity index (χ0v) is 6.46. The molecule has 0 saturated carbocycles. The summed E-state index contributed by atoms with van der Waals surface area (Å²) >= 11 is 0. The summed E-state index contributed by atoms with van der Waals surface area (Å²) in [7, 11) is 0. The first-order valence-corrected chi connectivity index (χ1v) is 3.46. The van der Waals surface area contributed by atoms with Gasteiger partial charge in [-0.25, -0.2) is 0 Å². The van der Waals surface area contributed by atoms with Crippen LogP contribution in [0.3, 0.4) is 0 Å². The van der Waals surface area contributed by atoms with E-state index in [4.69, 9.17) is 6.42 Å². The lowest BCUT2D eigenvalue weighted by atomic mass is 10.1. The van der Waals surface area contributed by atoms with Crippen molar-refractivity contribution in [1.29, 1.82) is 0 Å². The molecule has 1 rings (SSSR count). The van der Waals surface area contributed by atoms with Gasteiger partial charge >= 0.3 is 0 Å². The topological polar surface area (TPSA) is 20.2 Å². The molecule has 1 heteroatoms. The van der Waals surface area contributed by atoms with Crippen molar-refractivity contribution < 1.29 is 5.11 Å². The van der Waals surface area contributed by atoms with Crippen molar-refractivity contribution in [2.45, 2.75) is 13.3 Å². The molecular formula is C10H10O. The second kappa shape index (κ2) is 3.12. The zero-order valence-electron chi connectivity index (χ0n) is 6.46. The molecule has 0 aliphatic heterocycles. The molecule has 0 unspecified atom stereocenters. The lowest BCUT2D eigenvalue weighted by molar-refractivity contribution is 0.469. The first-order chi connectivity index (χ1) is 5.24. The van der Waals surface area contributed by atoms with E-state index in [0.717, 1.165) is 11.1 Å². The van der Waals surface area contributed by atoms with E-state index in [1.165, 1.54) is 0 Å². The van der Waals surface area contributed by atoms with Crippen LogP contribution in [0.5, 0.6) is 5.75 Å². The molecule has 1 N–H and O–H groups in total. The maximum Gasteiger partial charge on any atom is 0.120 e. The smallest absolute Gasteiger partial charge is 0.120 e. The lowest BCUT2D eigenvalue weighted by Crippen LogP contribution is -1.82. The highest BCUT2D eigenvalue weighted by Gasteiger charge is 1.97. The van der Waals surface area contributed by atoms with E-state index in [2.05, 4.69) is 5.92 Å². The van der Waals surface area contributed by atoms with Crippen LogP contribution in [0.25, 0.3) is 0 Å². The molecule has 0 aliphatic carbocycles. The number of aryl methyl sites for hydroxylation is 1. The van der Waals surface area contributed by atoms with Crippen molar-refractivity contribution in [1.82, 2.24) is 0 Å². The summed E-state index contributed by atoms with van der Waals surface area (Å²) in [5, 5.41) is 9.33. The fraction of sp³-hybridized carbons (Fsp3) is 0.200. The quantitative estimate of drug-likeness (QED) is 0.600. The van der Waals surface area contributed by atoms with Crippen molar-refractivity contribution in [3.05, 3.63) is 29.3 Å². The molecule has 1 aromatic carbocycles. The van der Waals surface area contributed by atoms with Crippen molar-refractivity contribution in [3.63, 3.8) is 0 Å². The van der Waals surface area contributed by atoms with Gasteiger partial charge in [0.2, 0.25) is 0 Å². The van der Waals surface area contributed by atoms with E-state index < -0.39 is 0 Å². The van der Waals surface area contributed by atoms with Crippen LogP contribution in [-0.2, 0) is 6.42 Å². The van der Waals surface area contributed by atoms with Crippen molar-refractivity contribution in [2.24, 2.45) is 0 Å². The van der Waals surface area contributed by atoms with Gasteiger partial charge in [0.05, 0.1) is 0 Å². The van der Waals surface area contributed by atoms with Gasteiger partial charge in [-0.15, -0.1) is 12.3 Å². The fourth-order valence-corrected chi connectivity index (χ4v) is 0.933. The first-order valence-electron chi connectivity index (χ1n) is 3.46. The Balaban J connectivity index is 3.01. The summed E-state index contributed by atoms with van der Waals surface area (Å²) in [6.07, 6.45) is 5.60. The zero-order chi connectivity index (χ0) is 8.27. The number of phenols is 1. The Hall–Kier alpha value is -1.42. The van der Waals surface area contributed by atoms with Crippen LogP contribution in [-0.4, -0.2) is 5.11 Å². The number of aromatic hydroxyl groups is 1. The first kappa shape index (κ1) is 7.68. The summed E-state index contributed by atoms with van der Waals surface area (Å²) < 4.78 is 0. The van der Waals surface area contributed by atoms with Crippen molar-refractivity contribution >= 4 is 0 Å². The Morgan fingerprint density at radius 1 is 1.55 bits per heavy atom. The Morgan fingerprint density at radius 2 is 2.27 bits per heavy atom. The highest BCUT2D eigenvalue weighted by molar-refractivity contribution is 5.37. The molecule has 56 valence electrons. The fourth-order valence-electron chi connectivity index (χ4n) is 0.933. The average molecular weight is 146 g/mol. The maximum absolute atomic E-state index is 9.33. The molecule has 1 aromatic rings. The van der Waals surface area contributed by atoms with Crippen LogP contribution >= 0.6 is 0 Å². The summed E-state index contributed by atoms with van der Waals surface area (Å²) in [6, 6.07) is 5.50. The third-order valence-electron chi connectivity index (χ3n) is 1.53. The largest absolute Gasteiger partial charge is 0.508 e. The molecule has 0 aliphatic rings. The van der Waals surface area contributed by atoms with E-state index in [-0.39, 0.29) is 0 Å². The number of benzene rings is 1. The van der Waals surface area contributed by atoms with E-state index in [1.807, 2.05) is 19.1 Å². The number of terminal acetylenes is 1.